The van der Waals surface area contributed by atoms with Crippen molar-refractivity contribution in [3.05, 3.63) is 59.9 Å². The van der Waals surface area contributed by atoms with Crippen molar-refractivity contribution in [3.8, 4) is 0 Å². The Morgan fingerprint density at radius 1 is 1.16 bits per heavy atom. The number of hydrogen-bond donors (Lipinski definition) is 1. The van der Waals surface area contributed by atoms with E-state index in [9.17, 15) is 17.6 Å². The van der Waals surface area contributed by atoms with Crippen LogP contribution in [0.1, 0.15) is 18.4 Å². The summed E-state index contributed by atoms with van der Waals surface area (Å²) in [6, 6.07) is 12.1. The zero-order valence-electron chi connectivity index (χ0n) is 14.2. The van der Waals surface area contributed by atoms with E-state index in [-0.39, 0.29) is 23.8 Å². The van der Waals surface area contributed by atoms with Crippen molar-refractivity contribution in [2.75, 3.05) is 18.9 Å². The minimum Gasteiger partial charge on any atom is -0.326 e. The van der Waals surface area contributed by atoms with E-state index in [4.69, 9.17) is 0 Å². The predicted molar refractivity (Wildman–Crippen MR) is 95.3 cm³/mol. The molecule has 0 aliphatic carbocycles. The van der Waals surface area contributed by atoms with Crippen molar-refractivity contribution in [1.29, 1.82) is 0 Å². The van der Waals surface area contributed by atoms with Gasteiger partial charge in [0.1, 0.15) is 5.82 Å². The first-order chi connectivity index (χ1) is 11.8. The van der Waals surface area contributed by atoms with Crippen molar-refractivity contribution in [3.63, 3.8) is 0 Å². The number of halogens is 1. The minimum atomic E-state index is -3.68. The van der Waals surface area contributed by atoms with Gasteiger partial charge < -0.3 is 5.32 Å². The highest BCUT2D eigenvalue weighted by molar-refractivity contribution is 7.89. The van der Waals surface area contributed by atoms with Gasteiger partial charge in [-0.05, 0) is 55.3 Å². The summed E-state index contributed by atoms with van der Waals surface area (Å²) in [5.74, 6) is -0.660. The van der Waals surface area contributed by atoms with Crippen LogP contribution in [0, 0.1) is 12.7 Å². The quantitative estimate of drug-likeness (QED) is 0.821. The van der Waals surface area contributed by atoms with Gasteiger partial charge in [0, 0.05) is 25.7 Å². The standard InChI is InChI=1S/C18H21FN2O3S/c1-14-5-3-6-16(13-14)20-18(22)7-4-12-21(2)25(23,24)17-10-8-15(19)9-11-17/h3,5-6,8-11,13H,4,7,12H2,1-2H3,(H,20,22). The summed E-state index contributed by atoms with van der Waals surface area (Å²) in [6.07, 6.45) is 0.589. The van der Waals surface area contributed by atoms with Gasteiger partial charge >= 0.3 is 0 Å². The van der Waals surface area contributed by atoms with Crippen molar-refractivity contribution >= 4 is 21.6 Å². The second kappa shape index (κ2) is 8.22. The van der Waals surface area contributed by atoms with Gasteiger partial charge in [-0.3, -0.25) is 4.79 Å². The lowest BCUT2D eigenvalue weighted by atomic mass is 10.2. The number of aryl methyl sites for hydroxylation is 1. The Bertz CT molecular complexity index is 836. The first-order valence-electron chi connectivity index (χ1n) is 7.87. The minimum absolute atomic E-state index is 0.0283. The van der Waals surface area contributed by atoms with Gasteiger partial charge in [-0.1, -0.05) is 12.1 Å². The van der Waals surface area contributed by atoms with Crippen LogP contribution in [0.4, 0.5) is 10.1 Å². The number of carbonyl (C=O) groups is 1. The number of amides is 1. The molecule has 7 heteroatoms. The molecule has 0 aromatic heterocycles. The molecule has 0 spiro atoms. The van der Waals surface area contributed by atoms with E-state index in [1.54, 1.807) is 6.07 Å². The van der Waals surface area contributed by atoms with E-state index in [1.165, 1.54) is 23.5 Å². The highest BCUT2D eigenvalue weighted by Crippen LogP contribution is 2.15. The fraction of sp³-hybridized carbons (Fsp3) is 0.278. The Kier molecular flexibility index (Phi) is 6.27. The molecule has 25 heavy (non-hydrogen) atoms. The maximum Gasteiger partial charge on any atom is 0.242 e. The van der Waals surface area contributed by atoms with E-state index in [1.807, 2.05) is 25.1 Å². The lowest BCUT2D eigenvalue weighted by molar-refractivity contribution is -0.116. The van der Waals surface area contributed by atoms with E-state index >= 15 is 0 Å². The van der Waals surface area contributed by atoms with E-state index in [2.05, 4.69) is 5.32 Å². The number of anilines is 1. The monoisotopic (exact) mass is 364 g/mol. The predicted octanol–water partition coefficient (Wildman–Crippen LogP) is 3.17. The summed E-state index contributed by atoms with van der Waals surface area (Å²) in [5, 5.41) is 2.78. The zero-order chi connectivity index (χ0) is 18.4. The molecule has 0 saturated heterocycles. The molecule has 0 saturated carbocycles. The van der Waals surface area contributed by atoms with Crippen LogP contribution in [0.3, 0.4) is 0 Å². The summed E-state index contributed by atoms with van der Waals surface area (Å²) in [5.41, 5.74) is 1.76. The summed E-state index contributed by atoms with van der Waals surface area (Å²) in [6.45, 7) is 2.13. The number of nitrogens with one attached hydrogen (secondary N) is 1. The Hall–Kier alpha value is -2.25. The van der Waals surface area contributed by atoms with Gasteiger partial charge in [0.05, 0.1) is 4.90 Å². The first-order valence-corrected chi connectivity index (χ1v) is 9.31. The van der Waals surface area contributed by atoms with Gasteiger partial charge in [-0.2, -0.15) is 0 Å². The second-order valence-corrected chi connectivity index (χ2v) is 7.85. The van der Waals surface area contributed by atoms with Crippen molar-refractivity contribution < 1.29 is 17.6 Å². The SMILES string of the molecule is Cc1cccc(NC(=O)CCCN(C)S(=O)(=O)c2ccc(F)cc2)c1. The third kappa shape index (κ3) is 5.37. The Morgan fingerprint density at radius 2 is 1.84 bits per heavy atom. The van der Waals surface area contributed by atoms with Crippen LogP contribution in [-0.4, -0.2) is 32.2 Å². The number of nitrogens with zero attached hydrogens (tertiary/aromatic N) is 1. The van der Waals surface area contributed by atoms with Crippen LogP contribution < -0.4 is 5.32 Å². The van der Waals surface area contributed by atoms with Gasteiger partial charge in [0.25, 0.3) is 0 Å². The zero-order valence-corrected chi connectivity index (χ0v) is 15.0. The lowest BCUT2D eigenvalue weighted by Gasteiger charge is -2.17. The van der Waals surface area contributed by atoms with Crippen LogP contribution in [0.5, 0.6) is 0 Å². The normalized spacial score (nSPS) is 11.5. The van der Waals surface area contributed by atoms with E-state index in [0.717, 1.165) is 23.4 Å². The molecule has 2 aromatic rings. The molecule has 0 unspecified atom stereocenters. The number of carbonyl (C=O) groups excluding carboxylic acids is 1. The fourth-order valence-corrected chi connectivity index (χ4v) is 3.52. The Labute approximate surface area is 147 Å². The molecule has 2 aromatic carbocycles. The van der Waals surface area contributed by atoms with Gasteiger partial charge in [-0.15, -0.1) is 0 Å². The molecule has 2 rings (SSSR count). The van der Waals surface area contributed by atoms with Gasteiger partial charge in [-0.25, -0.2) is 17.1 Å². The Morgan fingerprint density at radius 3 is 2.48 bits per heavy atom. The van der Waals surface area contributed by atoms with E-state index in [0.29, 0.717) is 6.42 Å². The molecule has 5 nitrogen and oxygen atoms in total. The molecular formula is C18H21FN2O3S. The van der Waals surface area contributed by atoms with Gasteiger partial charge in [0.15, 0.2) is 0 Å². The Balaban J connectivity index is 1.86. The van der Waals surface area contributed by atoms with E-state index < -0.39 is 15.8 Å². The summed E-state index contributed by atoms with van der Waals surface area (Å²) in [7, 11) is -2.24. The summed E-state index contributed by atoms with van der Waals surface area (Å²) < 4.78 is 38.8. The summed E-state index contributed by atoms with van der Waals surface area (Å²) >= 11 is 0. The summed E-state index contributed by atoms with van der Waals surface area (Å²) in [4.78, 5) is 12.0. The van der Waals surface area contributed by atoms with Crippen molar-refractivity contribution in [2.45, 2.75) is 24.7 Å². The third-order valence-electron chi connectivity index (χ3n) is 3.70. The largest absolute Gasteiger partial charge is 0.326 e. The molecular weight excluding hydrogens is 343 g/mol. The second-order valence-electron chi connectivity index (χ2n) is 5.80. The molecule has 0 fully saturated rings. The molecule has 134 valence electrons. The van der Waals surface area contributed by atoms with Gasteiger partial charge in [0.2, 0.25) is 15.9 Å². The molecule has 1 amide bonds. The fourth-order valence-electron chi connectivity index (χ4n) is 2.32. The van der Waals surface area contributed by atoms with Crippen molar-refractivity contribution in [2.24, 2.45) is 0 Å². The topological polar surface area (TPSA) is 66.5 Å². The lowest BCUT2D eigenvalue weighted by Crippen LogP contribution is -2.28. The number of benzene rings is 2. The number of sulfonamides is 1. The maximum absolute atomic E-state index is 12.9. The van der Waals surface area contributed by atoms with Crippen LogP contribution >= 0.6 is 0 Å². The van der Waals surface area contributed by atoms with Crippen molar-refractivity contribution in [1.82, 2.24) is 4.31 Å². The van der Waals surface area contributed by atoms with Crippen LogP contribution in [0.25, 0.3) is 0 Å². The molecule has 0 radical (unpaired) electrons. The molecule has 0 atom stereocenters. The number of hydrogen-bond acceptors (Lipinski definition) is 3. The smallest absolute Gasteiger partial charge is 0.242 e. The first kappa shape index (κ1) is 19.1. The highest BCUT2D eigenvalue weighted by Gasteiger charge is 2.20. The average Bonchev–Trinajstić information content (AvgIpc) is 2.55. The number of rotatable bonds is 7. The average molecular weight is 364 g/mol. The maximum atomic E-state index is 12.9. The van der Waals surface area contributed by atoms with Crippen LogP contribution in [0.15, 0.2) is 53.4 Å². The third-order valence-corrected chi connectivity index (χ3v) is 5.57. The molecule has 1 N–H and O–H groups in total. The molecule has 0 bridgehead atoms. The highest BCUT2D eigenvalue weighted by atomic mass is 32.2. The van der Waals surface area contributed by atoms with Crippen LogP contribution in [0.2, 0.25) is 0 Å². The van der Waals surface area contributed by atoms with Crippen LogP contribution in [-0.2, 0) is 14.8 Å². The molecule has 0 heterocycles. The molecule has 0 aliphatic heterocycles. The molecule has 0 aliphatic rings.